The molecule has 0 bridgehead atoms. The molecule has 5 nitrogen and oxygen atoms in total. The lowest BCUT2D eigenvalue weighted by Gasteiger charge is -2.20. The zero-order chi connectivity index (χ0) is 11.1. The van der Waals surface area contributed by atoms with Gasteiger partial charge in [-0.2, -0.15) is 0 Å². The van der Waals surface area contributed by atoms with E-state index in [4.69, 9.17) is 10.4 Å². The first-order valence-corrected chi connectivity index (χ1v) is 4.96. The van der Waals surface area contributed by atoms with Crippen LogP contribution in [0.2, 0.25) is 0 Å². The first-order valence-electron chi connectivity index (χ1n) is 4.96. The van der Waals surface area contributed by atoms with Crippen molar-refractivity contribution in [1.29, 1.82) is 0 Å². The molecule has 14 heavy (non-hydrogen) atoms. The standard InChI is InChI=1S/C9H21NO4/c1-7(2)5-4-6-9(11)8(3)14-10(12)13/h7-9,11-13H,4-6H2,1-3H3/t8-,9-/m0/s1. The minimum absolute atomic E-state index is 0.365. The highest BCUT2D eigenvalue weighted by atomic mass is 17.1. The van der Waals surface area contributed by atoms with Crippen molar-refractivity contribution in [3.63, 3.8) is 0 Å². The zero-order valence-electron chi connectivity index (χ0n) is 9.05. The molecule has 0 spiro atoms. The molecule has 3 N–H and O–H groups in total. The normalized spacial score (nSPS) is 16.3. The molecule has 0 rings (SSSR count). The molecule has 0 saturated carbocycles. The predicted molar refractivity (Wildman–Crippen MR) is 50.7 cm³/mol. The SMILES string of the molecule is CC(C)CCC[C@H](O)[C@H](C)ON(O)O. The van der Waals surface area contributed by atoms with Crippen LogP contribution in [0.1, 0.15) is 40.0 Å². The first-order chi connectivity index (χ1) is 6.43. The number of nitrogens with zero attached hydrogens (tertiary/aromatic N) is 1. The molecule has 5 heteroatoms. The van der Waals surface area contributed by atoms with Gasteiger partial charge in [0.05, 0.1) is 11.5 Å². The van der Waals surface area contributed by atoms with Gasteiger partial charge in [-0.1, -0.05) is 26.7 Å². The van der Waals surface area contributed by atoms with Gasteiger partial charge < -0.3 is 5.11 Å². The lowest BCUT2D eigenvalue weighted by molar-refractivity contribution is -0.507. The Morgan fingerprint density at radius 1 is 1.14 bits per heavy atom. The summed E-state index contributed by atoms with van der Waals surface area (Å²) in [6.45, 7) is 5.82. The third kappa shape index (κ3) is 7.23. The van der Waals surface area contributed by atoms with E-state index in [1.165, 1.54) is 0 Å². The van der Waals surface area contributed by atoms with Crippen molar-refractivity contribution in [3.8, 4) is 0 Å². The van der Waals surface area contributed by atoms with Crippen LogP contribution in [0.3, 0.4) is 0 Å². The summed E-state index contributed by atoms with van der Waals surface area (Å²) < 4.78 is 0. The van der Waals surface area contributed by atoms with Gasteiger partial charge >= 0.3 is 0 Å². The zero-order valence-corrected chi connectivity index (χ0v) is 9.05. The molecular weight excluding hydrogens is 186 g/mol. The summed E-state index contributed by atoms with van der Waals surface area (Å²) in [7, 11) is 0. The van der Waals surface area contributed by atoms with E-state index < -0.39 is 12.2 Å². The average molecular weight is 207 g/mol. The van der Waals surface area contributed by atoms with Crippen molar-refractivity contribution in [3.05, 3.63) is 0 Å². The quantitative estimate of drug-likeness (QED) is 0.553. The molecule has 0 aliphatic heterocycles. The van der Waals surface area contributed by atoms with E-state index in [2.05, 4.69) is 18.7 Å². The Labute approximate surface area is 84.8 Å². The summed E-state index contributed by atoms with van der Waals surface area (Å²) in [6, 6.07) is 0. The second-order valence-electron chi connectivity index (χ2n) is 3.96. The van der Waals surface area contributed by atoms with E-state index in [1.807, 2.05) is 0 Å². The van der Waals surface area contributed by atoms with Crippen LogP contribution >= 0.6 is 0 Å². The molecule has 0 aromatic heterocycles. The Morgan fingerprint density at radius 2 is 1.71 bits per heavy atom. The van der Waals surface area contributed by atoms with E-state index in [1.54, 1.807) is 6.92 Å². The van der Waals surface area contributed by atoms with Gasteiger partial charge in [0, 0.05) is 0 Å². The Kier molecular flexibility index (Phi) is 7.04. The van der Waals surface area contributed by atoms with E-state index in [9.17, 15) is 5.11 Å². The van der Waals surface area contributed by atoms with Crippen LogP contribution in [0.15, 0.2) is 0 Å². The molecule has 0 heterocycles. The minimum Gasteiger partial charge on any atom is -0.390 e. The van der Waals surface area contributed by atoms with Crippen LogP contribution in [-0.4, -0.2) is 33.1 Å². The number of rotatable bonds is 7. The highest BCUT2D eigenvalue weighted by molar-refractivity contribution is 4.63. The molecule has 0 aromatic rings. The smallest absolute Gasteiger partial charge is 0.107 e. The second-order valence-corrected chi connectivity index (χ2v) is 3.96. The van der Waals surface area contributed by atoms with Gasteiger partial charge in [0.2, 0.25) is 0 Å². The molecule has 2 atom stereocenters. The monoisotopic (exact) mass is 207 g/mol. The van der Waals surface area contributed by atoms with E-state index in [0.717, 1.165) is 12.8 Å². The lowest BCUT2D eigenvalue weighted by atomic mass is 10.0. The second kappa shape index (κ2) is 7.14. The fourth-order valence-electron chi connectivity index (χ4n) is 1.19. The highest BCUT2D eigenvalue weighted by Gasteiger charge is 2.17. The fraction of sp³-hybridized carbons (Fsp3) is 1.00. The summed E-state index contributed by atoms with van der Waals surface area (Å²) in [5.74, 6) is 0.616. The van der Waals surface area contributed by atoms with Gasteiger partial charge in [-0.05, 0) is 19.3 Å². The number of aliphatic hydroxyl groups excluding tert-OH is 1. The Balaban J connectivity index is 3.56. The third-order valence-electron chi connectivity index (χ3n) is 2.08. The van der Waals surface area contributed by atoms with Crippen molar-refractivity contribution in [2.75, 3.05) is 0 Å². The lowest BCUT2D eigenvalue weighted by Crippen LogP contribution is -2.31. The maximum absolute atomic E-state index is 9.51. The van der Waals surface area contributed by atoms with E-state index in [0.29, 0.717) is 12.3 Å². The maximum atomic E-state index is 9.51. The molecule has 0 aliphatic carbocycles. The first kappa shape index (κ1) is 13.8. The maximum Gasteiger partial charge on any atom is 0.107 e. The summed E-state index contributed by atoms with van der Waals surface area (Å²) in [5, 5.41) is 25.8. The average Bonchev–Trinajstić information content (AvgIpc) is 2.01. The predicted octanol–water partition coefficient (Wildman–Crippen LogP) is 1.57. The molecule has 86 valence electrons. The third-order valence-corrected chi connectivity index (χ3v) is 2.08. The summed E-state index contributed by atoms with van der Waals surface area (Å²) in [6.07, 6.45) is 1.27. The Morgan fingerprint density at radius 3 is 2.14 bits per heavy atom. The topological polar surface area (TPSA) is 73.2 Å². The van der Waals surface area contributed by atoms with Crippen molar-refractivity contribution in [2.24, 2.45) is 5.92 Å². The molecule has 0 aromatic carbocycles. The van der Waals surface area contributed by atoms with Crippen molar-refractivity contribution >= 4 is 0 Å². The van der Waals surface area contributed by atoms with Crippen LogP contribution in [0, 0.1) is 5.92 Å². The Bertz CT molecular complexity index is 141. The molecule has 0 saturated heterocycles. The molecule has 0 aliphatic rings. The number of hydrogen-bond acceptors (Lipinski definition) is 5. The Hall–Kier alpha value is -0.200. The molecule has 0 radical (unpaired) electrons. The van der Waals surface area contributed by atoms with Crippen molar-refractivity contribution in [1.82, 2.24) is 5.39 Å². The van der Waals surface area contributed by atoms with Crippen LogP contribution in [-0.2, 0) is 4.84 Å². The van der Waals surface area contributed by atoms with Crippen molar-refractivity contribution in [2.45, 2.75) is 52.2 Å². The molecule has 0 amide bonds. The van der Waals surface area contributed by atoms with Gasteiger partial charge in [-0.3, -0.25) is 10.4 Å². The van der Waals surface area contributed by atoms with Crippen LogP contribution < -0.4 is 0 Å². The van der Waals surface area contributed by atoms with E-state index in [-0.39, 0.29) is 5.39 Å². The molecular formula is C9H21NO4. The van der Waals surface area contributed by atoms with Crippen molar-refractivity contribution < 1.29 is 20.4 Å². The number of aliphatic hydroxyl groups is 1. The molecule has 0 unspecified atom stereocenters. The van der Waals surface area contributed by atoms with Gasteiger partial charge in [0.1, 0.15) is 6.10 Å². The van der Waals surface area contributed by atoms with Gasteiger partial charge in [-0.15, -0.1) is 0 Å². The number of hydrogen-bond donors (Lipinski definition) is 3. The van der Waals surface area contributed by atoms with Crippen LogP contribution in [0.4, 0.5) is 0 Å². The largest absolute Gasteiger partial charge is 0.390 e. The van der Waals surface area contributed by atoms with Gasteiger partial charge in [0.25, 0.3) is 0 Å². The van der Waals surface area contributed by atoms with Crippen LogP contribution in [0.5, 0.6) is 0 Å². The minimum atomic E-state index is -0.671. The highest BCUT2D eigenvalue weighted by Crippen LogP contribution is 2.12. The summed E-state index contributed by atoms with van der Waals surface area (Å²) >= 11 is 0. The van der Waals surface area contributed by atoms with Crippen LogP contribution in [0.25, 0.3) is 0 Å². The summed E-state index contributed by atoms with van der Waals surface area (Å²) in [5.41, 5.74) is 0. The fourth-order valence-corrected chi connectivity index (χ4v) is 1.19. The molecule has 0 fully saturated rings. The van der Waals surface area contributed by atoms with Gasteiger partial charge in [-0.25, -0.2) is 4.84 Å². The van der Waals surface area contributed by atoms with E-state index >= 15 is 0 Å². The van der Waals surface area contributed by atoms with Gasteiger partial charge in [0.15, 0.2) is 0 Å². The summed E-state index contributed by atoms with van der Waals surface area (Å²) in [4.78, 5) is 4.46.